The molecule has 0 aromatic heterocycles. The van der Waals surface area contributed by atoms with Crippen molar-refractivity contribution in [2.45, 2.75) is 19.3 Å². The number of hydrogen-bond donors (Lipinski definition) is 1. The molecule has 64 valence electrons. The molecule has 3 heteroatoms. The summed E-state index contributed by atoms with van der Waals surface area (Å²) in [6.45, 7) is 0.790. The molecule has 0 amide bonds. The molecule has 2 fully saturated rings. The third kappa shape index (κ3) is 1.42. The van der Waals surface area contributed by atoms with Gasteiger partial charge in [0.25, 0.3) is 0 Å². The molecule has 1 heterocycles. The van der Waals surface area contributed by atoms with E-state index in [0.717, 1.165) is 12.5 Å². The summed E-state index contributed by atoms with van der Waals surface area (Å²) < 4.78 is 0. The Morgan fingerprint density at radius 2 is 2.36 bits per heavy atom. The maximum Gasteiger partial charge on any atom is 0.0738 e. The van der Waals surface area contributed by atoms with Crippen molar-refractivity contribution >= 4 is 11.8 Å². The van der Waals surface area contributed by atoms with Gasteiger partial charge in [-0.1, -0.05) is 0 Å². The smallest absolute Gasteiger partial charge is 0.0738 e. The summed E-state index contributed by atoms with van der Waals surface area (Å²) in [6.07, 6.45) is 4.07. The van der Waals surface area contributed by atoms with E-state index < -0.39 is 0 Å². The quantitative estimate of drug-likeness (QED) is 0.655. The van der Waals surface area contributed by atoms with Crippen molar-refractivity contribution < 1.29 is 4.84 Å². The molecule has 11 heavy (non-hydrogen) atoms. The summed E-state index contributed by atoms with van der Waals surface area (Å²) in [5.74, 6) is 8.70. The molecule has 2 nitrogen and oxygen atoms in total. The molecule has 0 aromatic rings. The fourth-order valence-corrected chi connectivity index (χ4v) is 3.44. The molecular weight excluding hydrogens is 158 g/mol. The number of nitrogens with two attached hydrogens (primary N) is 1. The van der Waals surface area contributed by atoms with Gasteiger partial charge < -0.3 is 4.84 Å². The Bertz CT molecular complexity index is 141. The molecule has 1 atom stereocenters. The minimum Gasteiger partial charge on any atom is -0.304 e. The van der Waals surface area contributed by atoms with Gasteiger partial charge in [-0.05, 0) is 42.1 Å². The van der Waals surface area contributed by atoms with Crippen molar-refractivity contribution in [1.82, 2.24) is 0 Å². The SMILES string of the molecule is NOCC1(C2CCSC2)CC1. The second kappa shape index (κ2) is 2.96. The first-order valence-corrected chi connectivity index (χ1v) is 5.42. The highest BCUT2D eigenvalue weighted by atomic mass is 32.2. The second-order valence-corrected chi connectivity index (χ2v) is 4.88. The van der Waals surface area contributed by atoms with Crippen LogP contribution in [0.4, 0.5) is 0 Å². The molecule has 2 aliphatic rings. The van der Waals surface area contributed by atoms with Gasteiger partial charge in [-0.3, -0.25) is 0 Å². The van der Waals surface area contributed by atoms with Crippen LogP contribution >= 0.6 is 11.8 Å². The summed E-state index contributed by atoms with van der Waals surface area (Å²) in [4.78, 5) is 4.77. The molecule has 1 saturated heterocycles. The number of hydrogen-bond acceptors (Lipinski definition) is 3. The van der Waals surface area contributed by atoms with Crippen LogP contribution in [0.2, 0.25) is 0 Å². The zero-order valence-corrected chi connectivity index (χ0v) is 7.53. The normalized spacial score (nSPS) is 34.1. The van der Waals surface area contributed by atoms with Gasteiger partial charge in [-0.15, -0.1) is 0 Å². The van der Waals surface area contributed by atoms with Crippen LogP contribution in [0.1, 0.15) is 19.3 Å². The first-order valence-electron chi connectivity index (χ1n) is 4.27. The van der Waals surface area contributed by atoms with Gasteiger partial charge in [0.2, 0.25) is 0 Å². The Hall–Kier alpha value is 0.270. The third-order valence-corrected chi connectivity index (χ3v) is 4.22. The van der Waals surface area contributed by atoms with E-state index in [1.807, 2.05) is 0 Å². The van der Waals surface area contributed by atoms with Gasteiger partial charge in [-0.25, -0.2) is 5.90 Å². The maximum absolute atomic E-state index is 5.12. The lowest BCUT2D eigenvalue weighted by molar-refractivity contribution is 0.0700. The van der Waals surface area contributed by atoms with Gasteiger partial charge in [-0.2, -0.15) is 11.8 Å². The van der Waals surface area contributed by atoms with E-state index in [-0.39, 0.29) is 0 Å². The van der Waals surface area contributed by atoms with E-state index in [0.29, 0.717) is 5.41 Å². The van der Waals surface area contributed by atoms with Crippen LogP contribution in [0.25, 0.3) is 0 Å². The largest absolute Gasteiger partial charge is 0.304 e. The number of thioether (sulfide) groups is 1. The Kier molecular flexibility index (Phi) is 2.12. The standard InChI is InChI=1S/C8H15NOS/c9-10-6-8(2-3-8)7-1-4-11-5-7/h7H,1-6,9H2. The lowest BCUT2D eigenvalue weighted by Crippen LogP contribution is -2.23. The van der Waals surface area contributed by atoms with E-state index in [9.17, 15) is 0 Å². The van der Waals surface area contributed by atoms with Crippen LogP contribution < -0.4 is 5.90 Å². The van der Waals surface area contributed by atoms with Crippen LogP contribution in [0.15, 0.2) is 0 Å². The second-order valence-electron chi connectivity index (χ2n) is 3.73. The Morgan fingerprint density at radius 1 is 1.55 bits per heavy atom. The predicted molar refractivity (Wildman–Crippen MR) is 47.2 cm³/mol. The predicted octanol–water partition coefficient (Wildman–Crippen LogP) is 1.41. The van der Waals surface area contributed by atoms with Crippen LogP contribution in [0, 0.1) is 11.3 Å². The van der Waals surface area contributed by atoms with Crippen molar-refractivity contribution in [3.8, 4) is 0 Å². The molecule has 0 radical (unpaired) electrons. The first-order chi connectivity index (χ1) is 5.37. The van der Waals surface area contributed by atoms with Gasteiger partial charge in [0, 0.05) is 0 Å². The van der Waals surface area contributed by atoms with Crippen LogP contribution in [0.5, 0.6) is 0 Å². The fourth-order valence-electron chi connectivity index (χ4n) is 2.01. The van der Waals surface area contributed by atoms with E-state index in [2.05, 4.69) is 11.8 Å². The topological polar surface area (TPSA) is 35.2 Å². The summed E-state index contributed by atoms with van der Waals surface area (Å²) in [5, 5.41) is 0. The molecule has 0 spiro atoms. The first kappa shape index (κ1) is 7.90. The molecule has 2 rings (SSSR count). The van der Waals surface area contributed by atoms with Crippen LogP contribution in [-0.2, 0) is 4.84 Å². The van der Waals surface area contributed by atoms with Crippen molar-refractivity contribution in [2.24, 2.45) is 17.2 Å². The van der Waals surface area contributed by atoms with Crippen molar-refractivity contribution in [3.63, 3.8) is 0 Å². The highest BCUT2D eigenvalue weighted by molar-refractivity contribution is 7.99. The summed E-state index contributed by atoms with van der Waals surface area (Å²) in [5.41, 5.74) is 0.512. The van der Waals surface area contributed by atoms with Crippen LogP contribution in [-0.4, -0.2) is 18.1 Å². The van der Waals surface area contributed by atoms with Crippen molar-refractivity contribution in [3.05, 3.63) is 0 Å². The highest BCUT2D eigenvalue weighted by Gasteiger charge is 2.50. The lowest BCUT2D eigenvalue weighted by Gasteiger charge is -2.19. The highest BCUT2D eigenvalue weighted by Crippen LogP contribution is 2.55. The van der Waals surface area contributed by atoms with E-state index >= 15 is 0 Å². The zero-order valence-electron chi connectivity index (χ0n) is 6.71. The molecule has 1 saturated carbocycles. The molecule has 1 aliphatic heterocycles. The van der Waals surface area contributed by atoms with E-state index in [1.165, 1.54) is 30.8 Å². The number of rotatable bonds is 3. The zero-order chi connectivity index (χ0) is 7.73. The van der Waals surface area contributed by atoms with Gasteiger partial charge in [0.1, 0.15) is 0 Å². The fraction of sp³-hybridized carbons (Fsp3) is 1.00. The average Bonchev–Trinajstić information content (AvgIpc) is 2.63. The average molecular weight is 173 g/mol. The van der Waals surface area contributed by atoms with Gasteiger partial charge in [0.05, 0.1) is 6.61 Å². The summed E-state index contributed by atoms with van der Waals surface area (Å²) in [7, 11) is 0. The summed E-state index contributed by atoms with van der Waals surface area (Å²) >= 11 is 2.08. The van der Waals surface area contributed by atoms with Crippen molar-refractivity contribution in [1.29, 1.82) is 0 Å². The molecule has 0 bridgehead atoms. The molecule has 0 aromatic carbocycles. The van der Waals surface area contributed by atoms with E-state index in [1.54, 1.807) is 0 Å². The molecule has 1 aliphatic carbocycles. The molecular formula is C8H15NOS. The minimum absolute atomic E-state index is 0.512. The monoisotopic (exact) mass is 173 g/mol. The Morgan fingerprint density at radius 3 is 2.82 bits per heavy atom. The molecule has 1 unspecified atom stereocenters. The summed E-state index contributed by atoms with van der Waals surface area (Å²) in [6, 6.07) is 0. The molecule has 2 N–H and O–H groups in total. The van der Waals surface area contributed by atoms with Crippen molar-refractivity contribution in [2.75, 3.05) is 18.1 Å². The lowest BCUT2D eigenvalue weighted by atomic mass is 9.89. The maximum atomic E-state index is 5.12. The third-order valence-electron chi connectivity index (χ3n) is 3.06. The van der Waals surface area contributed by atoms with Crippen LogP contribution in [0.3, 0.4) is 0 Å². The minimum atomic E-state index is 0.512. The van der Waals surface area contributed by atoms with E-state index in [4.69, 9.17) is 10.7 Å². The Balaban J connectivity index is 1.91. The van der Waals surface area contributed by atoms with Gasteiger partial charge in [0.15, 0.2) is 0 Å². The van der Waals surface area contributed by atoms with Gasteiger partial charge >= 0.3 is 0 Å². The Labute approximate surface area is 71.8 Å².